The zero-order chi connectivity index (χ0) is 13.1. The van der Waals surface area contributed by atoms with E-state index in [1.54, 1.807) is 12.1 Å². The van der Waals surface area contributed by atoms with Crippen molar-refractivity contribution in [1.82, 2.24) is 0 Å². The molecule has 0 unspecified atom stereocenters. The Kier molecular flexibility index (Phi) is 3.84. The third-order valence-electron chi connectivity index (χ3n) is 2.23. The third kappa shape index (κ3) is 2.80. The van der Waals surface area contributed by atoms with Crippen LogP contribution in [0.2, 0.25) is 5.22 Å². The van der Waals surface area contributed by atoms with Crippen molar-refractivity contribution in [3.05, 3.63) is 45.0 Å². The molecule has 2 aromatic rings. The van der Waals surface area contributed by atoms with Crippen molar-refractivity contribution in [2.45, 2.75) is 6.42 Å². The standard InChI is InChI=1S/C12H9ClO4S/c1-16-11(14)6-7-2-4-9(18-7)12(15)8-3-5-10(13)17-8/h2-5H,6H2,1H3. The van der Waals surface area contributed by atoms with Crippen molar-refractivity contribution in [2.75, 3.05) is 7.11 Å². The van der Waals surface area contributed by atoms with Gasteiger partial charge < -0.3 is 9.15 Å². The minimum atomic E-state index is -0.336. The number of methoxy groups -OCH3 is 1. The first kappa shape index (κ1) is 12.9. The summed E-state index contributed by atoms with van der Waals surface area (Å²) in [6, 6.07) is 6.41. The largest absolute Gasteiger partial charge is 0.469 e. The summed E-state index contributed by atoms with van der Waals surface area (Å²) < 4.78 is 9.60. The van der Waals surface area contributed by atoms with Gasteiger partial charge in [0.1, 0.15) is 0 Å². The number of rotatable bonds is 4. The van der Waals surface area contributed by atoms with Gasteiger partial charge in [-0.3, -0.25) is 9.59 Å². The maximum absolute atomic E-state index is 12.0. The Hall–Kier alpha value is -1.59. The van der Waals surface area contributed by atoms with Crippen LogP contribution in [-0.2, 0) is 16.0 Å². The number of halogens is 1. The fourth-order valence-corrected chi connectivity index (χ4v) is 2.45. The molecule has 0 bridgehead atoms. The first-order valence-electron chi connectivity index (χ1n) is 5.05. The first-order valence-corrected chi connectivity index (χ1v) is 6.25. The maximum Gasteiger partial charge on any atom is 0.310 e. The molecule has 2 rings (SSSR count). The Bertz CT molecular complexity index is 584. The van der Waals surface area contributed by atoms with Crippen LogP contribution in [0.1, 0.15) is 20.3 Å². The summed E-state index contributed by atoms with van der Waals surface area (Å²) >= 11 is 6.84. The van der Waals surface area contributed by atoms with Gasteiger partial charge in [-0.2, -0.15) is 0 Å². The minimum Gasteiger partial charge on any atom is -0.469 e. The van der Waals surface area contributed by atoms with Crippen LogP contribution in [0.5, 0.6) is 0 Å². The predicted molar refractivity (Wildman–Crippen MR) is 67.2 cm³/mol. The van der Waals surface area contributed by atoms with Crippen LogP contribution in [0.3, 0.4) is 0 Å². The van der Waals surface area contributed by atoms with E-state index < -0.39 is 0 Å². The van der Waals surface area contributed by atoms with E-state index >= 15 is 0 Å². The van der Waals surface area contributed by atoms with Gasteiger partial charge in [-0.25, -0.2) is 0 Å². The van der Waals surface area contributed by atoms with Gasteiger partial charge in [-0.05, 0) is 35.9 Å². The topological polar surface area (TPSA) is 56.5 Å². The Morgan fingerprint density at radius 2 is 2.11 bits per heavy atom. The van der Waals surface area contributed by atoms with Crippen molar-refractivity contribution >= 4 is 34.7 Å². The lowest BCUT2D eigenvalue weighted by Gasteiger charge is -1.95. The smallest absolute Gasteiger partial charge is 0.310 e. The van der Waals surface area contributed by atoms with Gasteiger partial charge in [0.25, 0.3) is 0 Å². The second-order valence-electron chi connectivity index (χ2n) is 3.45. The van der Waals surface area contributed by atoms with Crippen molar-refractivity contribution < 1.29 is 18.7 Å². The number of hydrogen-bond acceptors (Lipinski definition) is 5. The molecule has 0 aliphatic carbocycles. The average Bonchev–Trinajstić information content (AvgIpc) is 2.97. The molecule has 0 aromatic carbocycles. The summed E-state index contributed by atoms with van der Waals surface area (Å²) in [6.45, 7) is 0. The average molecular weight is 285 g/mol. The van der Waals surface area contributed by atoms with Gasteiger partial charge in [-0.1, -0.05) is 0 Å². The monoisotopic (exact) mass is 284 g/mol. The van der Waals surface area contributed by atoms with E-state index in [2.05, 4.69) is 4.74 Å². The quantitative estimate of drug-likeness (QED) is 0.640. The van der Waals surface area contributed by atoms with Crippen LogP contribution >= 0.6 is 22.9 Å². The van der Waals surface area contributed by atoms with Crippen LogP contribution < -0.4 is 0 Å². The summed E-state index contributed by atoms with van der Waals surface area (Å²) in [5, 5.41) is 0.171. The molecule has 2 aromatic heterocycles. The van der Waals surface area contributed by atoms with Gasteiger partial charge in [-0.15, -0.1) is 11.3 Å². The number of carbonyl (C=O) groups is 2. The predicted octanol–water partition coefficient (Wildman–Crippen LogP) is 2.94. The minimum absolute atomic E-state index is 0.160. The lowest BCUT2D eigenvalue weighted by atomic mass is 10.2. The van der Waals surface area contributed by atoms with Gasteiger partial charge in [0.2, 0.25) is 5.78 Å². The Morgan fingerprint density at radius 3 is 2.72 bits per heavy atom. The SMILES string of the molecule is COC(=O)Cc1ccc(C(=O)c2ccc(Cl)o2)s1. The second-order valence-corrected chi connectivity index (χ2v) is 4.99. The van der Waals surface area contributed by atoms with E-state index in [9.17, 15) is 9.59 Å². The summed E-state index contributed by atoms with van der Waals surface area (Å²) in [6.07, 6.45) is 0.160. The van der Waals surface area contributed by atoms with Crippen LogP contribution in [0.4, 0.5) is 0 Å². The summed E-state index contributed by atoms with van der Waals surface area (Å²) in [4.78, 5) is 24.3. The van der Waals surface area contributed by atoms with E-state index in [-0.39, 0.29) is 29.2 Å². The van der Waals surface area contributed by atoms with Gasteiger partial charge in [0.05, 0.1) is 18.4 Å². The number of furan rings is 1. The molecule has 0 aliphatic rings. The molecule has 0 spiro atoms. The van der Waals surface area contributed by atoms with Crippen molar-refractivity contribution in [2.24, 2.45) is 0 Å². The van der Waals surface area contributed by atoms with E-state index in [0.29, 0.717) is 4.88 Å². The summed E-state index contributed by atoms with van der Waals surface area (Å²) in [5.41, 5.74) is 0. The molecule has 0 N–H and O–H groups in total. The highest BCUT2D eigenvalue weighted by Gasteiger charge is 2.16. The normalized spacial score (nSPS) is 10.3. The molecule has 18 heavy (non-hydrogen) atoms. The highest BCUT2D eigenvalue weighted by atomic mass is 35.5. The number of ketones is 1. The summed E-state index contributed by atoms with van der Waals surface area (Å²) in [7, 11) is 1.33. The molecular weight excluding hydrogens is 276 g/mol. The van der Waals surface area contributed by atoms with Gasteiger partial charge in [0.15, 0.2) is 11.0 Å². The zero-order valence-electron chi connectivity index (χ0n) is 9.44. The molecule has 0 amide bonds. The fraction of sp³-hybridized carbons (Fsp3) is 0.167. The summed E-state index contributed by atoms with van der Waals surface area (Å²) in [5.74, 6) is -0.397. The van der Waals surface area contributed by atoms with E-state index in [1.165, 1.54) is 30.6 Å². The third-order valence-corrected chi connectivity index (χ3v) is 3.52. The molecule has 0 atom stereocenters. The Morgan fingerprint density at radius 1 is 1.33 bits per heavy atom. The zero-order valence-corrected chi connectivity index (χ0v) is 11.0. The van der Waals surface area contributed by atoms with Gasteiger partial charge >= 0.3 is 5.97 Å². The fourth-order valence-electron chi connectivity index (χ4n) is 1.37. The van der Waals surface area contributed by atoms with Gasteiger partial charge in [0, 0.05) is 4.88 Å². The number of esters is 1. The Labute approximate surface area is 112 Å². The van der Waals surface area contributed by atoms with Crippen LogP contribution in [0.15, 0.2) is 28.7 Å². The Balaban J connectivity index is 2.15. The lowest BCUT2D eigenvalue weighted by Crippen LogP contribution is -2.02. The molecule has 0 radical (unpaired) electrons. The highest BCUT2D eigenvalue weighted by molar-refractivity contribution is 7.14. The van der Waals surface area contributed by atoms with Crippen LogP contribution in [0.25, 0.3) is 0 Å². The number of thiophene rings is 1. The second kappa shape index (κ2) is 5.37. The molecule has 0 aliphatic heterocycles. The maximum atomic E-state index is 12.0. The van der Waals surface area contributed by atoms with Crippen LogP contribution in [-0.4, -0.2) is 18.9 Å². The molecule has 2 heterocycles. The molecule has 0 saturated heterocycles. The highest BCUT2D eigenvalue weighted by Crippen LogP contribution is 2.23. The number of carbonyl (C=O) groups excluding carboxylic acids is 2. The van der Waals surface area contributed by atoms with Crippen molar-refractivity contribution in [3.63, 3.8) is 0 Å². The number of hydrogen-bond donors (Lipinski definition) is 0. The lowest BCUT2D eigenvalue weighted by molar-refractivity contribution is -0.139. The molecule has 0 saturated carbocycles. The molecule has 6 heteroatoms. The van der Waals surface area contributed by atoms with E-state index in [1.807, 2.05) is 0 Å². The first-order chi connectivity index (χ1) is 8.60. The van der Waals surface area contributed by atoms with Crippen LogP contribution in [0, 0.1) is 0 Å². The van der Waals surface area contributed by atoms with Crippen molar-refractivity contribution in [1.29, 1.82) is 0 Å². The van der Waals surface area contributed by atoms with Crippen molar-refractivity contribution in [3.8, 4) is 0 Å². The molecule has 0 fully saturated rings. The van der Waals surface area contributed by atoms with E-state index in [4.69, 9.17) is 16.0 Å². The molecule has 4 nitrogen and oxygen atoms in total. The number of ether oxygens (including phenoxy) is 1. The molecular formula is C12H9ClO4S. The van der Waals surface area contributed by atoms with E-state index in [0.717, 1.165) is 4.88 Å². The molecule has 94 valence electrons.